The quantitative estimate of drug-likeness (QED) is 0.764. The lowest BCUT2D eigenvalue weighted by molar-refractivity contribution is 0.0696. The molecule has 3 aromatic rings. The first-order chi connectivity index (χ1) is 9.61. The van der Waals surface area contributed by atoms with Gasteiger partial charge in [-0.3, -0.25) is 0 Å². The molecule has 20 heavy (non-hydrogen) atoms. The van der Waals surface area contributed by atoms with Crippen LogP contribution in [0.2, 0.25) is 0 Å². The fourth-order valence-corrected chi connectivity index (χ4v) is 2.05. The van der Waals surface area contributed by atoms with Gasteiger partial charge in [0.15, 0.2) is 5.65 Å². The molecule has 1 aromatic carbocycles. The first-order valence-corrected chi connectivity index (χ1v) is 6.25. The average molecular weight is 267 g/mol. The minimum Gasteiger partial charge on any atom is -0.478 e. The molecule has 0 saturated heterocycles. The maximum absolute atomic E-state index is 10.9. The molecular formula is C15H13N3O2. The minimum absolute atomic E-state index is 0.156. The summed E-state index contributed by atoms with van der Waals surface area (Å²) in [6.07, 6.45) is 1.99. The van der Waals surface area contributed by atoms with Crippen molar-refractivity contribution in [3.8, 4) is 0 Å². The van der Waals surface area contributed by atoms with Crippen LogP contribution in [0.3, 0.4) is 0 Å². The Morgan fingerprint density at radius 2 is 2.05 bits per heavy atom. The number of benzene rings is 1. The molecule has 0 saturated carbocycles. The van der Waals surface area contributed by atoms with Crippen LogP contribution >= 0.6 is 0 Å². The van der Waals surface area contributed by atoms with E-state index in [1.807, 2.05) is 6.92 Å². The zero-order chi connectivity index (χ0) is 14.1. The number of pyridine rings is 1. The second-order valence-corrected chi connectivity index (χ2v) is 4.75. The zero-order valence-corrected chi connectivity index (χ0v) is 10.9. The summed E-state index contributed by atoms with van der Waals surface area (Å²) in [5.74, 6) is -0.215. The first kappa shape index (κ1) is 12.3. The minimum atomic E-state index is -0.992. The van der Waals surface area contributed by atoms with Crippen LogP contribution < -0.4 is 0 Å². The number of nitrogens with zero attached hydrogens (tertiary/aromatic N) is 2. The fourth-order valence-electron chi connectivity index (χ4n) is 2.05. The molecule has 2 heterocycles. The Morgan fingerprint density at radius 1 is 1.30 bits per heavy atom. The van der Waals surface area contributed by atoms with Crippen molar-refractivity contribution >= 4 is 17.1 Å². The topological polar surface area (TPSA) is 78.9 Å². The molecule has 5 nitrogen and oxygen atoms in total. The van der Waals surface area contributed by atoms with Crippen LogP contribution in [-0.4, -0.2) is 26.0 Å². The molecule has 2 aromatic heterocycles. The Morgan fingerprint density at radius 3 is 2.75 bits per heavy atom. The number of imidazole rings is 1. The molecule has 0 unspecified atom stereocenters. The summed E-state index contributed by atoms with van der Waals surface area (Å²) >= 11 is 0. The van der Waals surface area contributed by atoms with E-state index in [0.29, 0.717) is 17.6 Å². The third-order valence-electron chi connectivity index (χ3n) is 3.13. The molecule has 0 aliphatic carbocycles. The molecule has 0 aliphatic rings. The second-order valence-electron chi connectivity index (χ2n) is 4.75. The highest BCUT2D eigenvalue weighted by Gasteiger charge is 2.09. The van der Waals surface area contributed by atoms with Gasteiger partial charge in [-0.15, -0.1) is 0 Å². The monoisotopic (exact) mass is 267 g/mol. The lowest BCUT2D eigenvalue weighted by Crippen LogP contribution is -1.96. The van der Waals surface area contributed by atoms with E-state index >= 15 is 0 Å². The van der Waals surface area contributed by atoms with Crippen LogP contribution in [0.15, 0.2) is 36.5 Å². The van der Waals surface area contributed by atoms with Crippen molar-refractivity contribution in [2.45, 2.75) is 13.3 Å². The molecule has 2 N–H and O–H groups in total. The third kappa shape index (κ3) is 2.38. The lowest BCUT2D eigenvalue weighted by Gasteiger charge is -1.98. The maximum Gasteiger partial charge on any atom is 0.337 e. The Kier molecular flexibility index (Phi) is 2.95. The lowest BCUT2D eigenvalue weighted by atomic mass is 10.1. The molecule has 0 bridgehead atoms. The number of carbonyl (C=O) groups is 1. The van der Waals surface area contributed by atoms with Gasteiger partial charge in [-0.1, -0.05) is 29.8 Å². The van der Waals surface area contributed by atoms with E-state index in [2.05, 4.69) is 39.2 Å². The predicted octanol–water partition coefficient (Wildman–Crippen LogP) is 2.56. The summed E-state index contributed by atoms with van der Waals surface area (Å²) in [5.41, 5.74) is 3.70. The Hall–Kier alpha value is -2.69. The highest BCUT2D eigenvalue weighted by molar-refractivity contribution is 5.90. The maximum atomic E-state index is 10.9. The Labute approximate surface area is 115 Å². The van der Waals surface area contributed by atoms with Crippen LogP contribution in [0, 0.1) is 6.92 Å². The number of carboxylic acids is 1. The number of carboxylic acid groups (broad SMARTS) is 1. The van der Waals surface area contributed by atoms with E-state index in [0.717, 1.165) is 11.4 Å². The summed E-state index contributed by atoms with van der Waals surface area (Å²) in [4.78, 5) is 22.4. The molecule has 0 atom stereocenters. The SMILES string of the molecule is Cc1ccc(Cc2nc3ncc(C(=O)O)cc3[nH]2)cc1. The third-order valence-corrected chi connectivity index (χ3v) is 3.13. The second kappa shape index (κ2) is 4.77. The Balaban J connectivity index is 1.92. The standard InChI is InChI=1S/C15H13N3O2/c1-9-2-4-10(5-3-9)6-13-17-12-7-11(15(19)20)8-16-14(12)18-13/h2-5,7-8H,6H2,1H3,(H,19,20)(H,16,17,18). The number of fused-ring (bicyclic) bond motifs is 1. The number of nitrogens with one attached hydrogen (secondary N) is 1. The van der Waals surface area contributed by atoms with Crippen molar-refractivity contribution in [3.05, 3.63) is 59.0 Å². The van der Waals surface area contributed by atoms with E-state index in [1.165, 1.54) is 11.8 Å². The van der Waals surface area contributed by atoms with Crippen LogP contribution in [0.4, 0.5) is 0 Å². The summed E-state index contributed by atoms with van der Waals surface area (Å²) in [6, 6.07) is 9.77. The normalized spacial score (nSPS) is 10.8. The summed E-state index contributed by atoms with van der Waals surface area (Å²) in [5, 5.41) is 8.94. The molecule has 0 radical (unpaired) electrons. The Bertz CT molecular complexity index is 775. The van der Waals surface area contributed by atoms with Crippen LogP contribution in [0.25, 0.3) is 11.2 Å². The number of H-pyrrole nitrogens is 1. The van der Waals surface area contributed by atoms with Crippen molar-refractivity contribution in [1.29, 1.82) is 0 Å². The van der Waals surface area contributed by atoms with Gasteiger partial charge in [0, 0.05) is 12.6 Å². The number of aromatic nitrogens is 3. The van der Waals surface area contributed by atoms with E-state index in [1.54, 1.807) is 6.07 Å². The highest BCUT2D eigenvalue weighted by Crippen LogP contribution is 2.14. The molecule has 0 spiro atoms. The zero-order valence-electron chi connectivity index (χ0n) is 10.9. The summed E-state index contributed by atoms with van der Waals surface area (Å²) in [6.45, 7) is 2.04. The van der Waals surface area contributed by atoms with E-state index in [9.17, 15) is 4.79 Å². The van der Waals surface area contributed by atoms with Crippen LogP contribution in [0.5, 0.6) is 0 Å². The van der Waals surface area contributed by atoms with Crippen molar-refractivity contribution in [2.75, 3.05) is 0 Å². The van der Waals surface area contributed by atoms with Crippen molar-refractivity contribution in [2.24, 2.45) is 0 Å². The van der Waals surface area contributed by atoms with Gasteiger partial charge in [0.25, 0.3) is 0 Å². The van der Waals surface area contributed by atoms with Crippen molar-refractivity contribution in [3.63, 3.8) is 0 Å². The number of aromatic amines is 1. The van der Waals surface area contributed by atoms with Gasteiger partial charge >= 0.3 is 5.97 Å². The number of aryl methyl sites for hydroxylation is 1. The van der Waals surface area contributed by atoms with E-state index in [-0.39, 0.29) is 5.56 Å². The van der Waals surface area contributed by atoms with Gasteiger partial charge in [-0.05, 0) is 18.6 Å². The van der Waals surface area contributed by atoms with Gasteiger partial charge in [0.2, 0.25) is 0 Å². The molecule has 5 heteroatoms. The number of rotatable bonds is 3. The van der Waals surface area contributed by atoms with Gasteiger partial charge in [-0.2, -0.15) is 0 Å². The number of hydrogen-bond acceptors (Lipinski definition) is 3. The average Bonchev–Trinajstić information content (AvgIpc) is 2.82. The molecule has 0 aliphatic heterocycles. The molecule has 0 fully saturated rings. The highest BCUT2D eigenvalue weighted by atomic mass is 16.4. The first-order valence-electron chi connectivity index (χ1n) is 6.25. The van der Waals surface area contributed by atoms with E-state index < -0.39 is 5.97 Å². The largest absolute Gasteiger partial charge is 0.478 e. The number of aromatic carboxylic acids is 1. The van der Waals surface area contributed by atoms with Gasteiger partial charge in [0.05, 0.1) is 11.1 Å². The van der Waals surface area contributed by atoms with Gasteiger partial charge in [0.1, 0.15) is 5.82 Å². The molecule has 0 amide bonds. The number of hydrogen-bond donors (Lipinski definition) is 2. The summed E-state index contributed by atoms with van der Waals surface area (Å²) < 4.78 is 0. The smallest absolute Gasteiger partial charge is 0.337 e. The van der Waals surface area contributed by atoms with Gasteiger partial charge in [-0.25, -0.2) is 14.8 Å². The van der Waals surface area contributed by atoms with E-state index in [4.69, 9.17) is 5.11 Å². The van der Waals surface area contributed by atoms with Crippen molar-refractivity contribution < 1.29 is 9.90 Å². The van der Waals surface area contributed by atoms with Crippen LogP contribution in [0.1, 0.15) is 27.3 Å². The fraction of sp³-hybridized carbons (Fsp3) is 0.133. The van der Waals surface area contributed by atoms with Crippen LogP contribution in [-0.2, 0) is 6.42 Å². The molecular weight excluding hydrogens is 254 g/mol. The van der Waals surface area contributed by atoms with Crippen molar-refractivity contribution in [1.82, 2.24) is 15.0 Å². The molecule has 100 valence electrons. The molecule has 3 rings (SSSR count). The summed E-state index contributed by atoms with van der Waals surface area (Å²) in [7, 11) is 0. The predicted molar refractivity (Wildman–Crippen MR) is 74.8 cm³/mol. The van der Waals surface area contributed by atoms with Gasteiger partial charge < -0.3 is 10.1 Å².